The van der Waals surface area contributed by atoms with Gasteiger partial charge in [-0.05, 0) is 17.0 Å². The van der Waals surface area contributed by atoms with Crippen LogP contribution in [0, 0.1) is 10.1 Å². The summed E-state index contributed by atoms with van der Waals surface area (Å²) in [5.41, 5.74) is 7.55. The van der Waals surface area contributed by atoms with Crippen molar-refractivity contribution in [3.63, 3.8) is 0 Å². The lowest BCUT2D eigenvalue weighted by Gasteiger charge is -2.26. The Balaban J connectivity index is 0.00000180. The Bertz CT molecular complexity index is 497. The topological polar surface area (TPSA) is 78.4 Å². The van der Waals surface area contributed by atoms with Crippen LogP contribution in [0.3, 0.4) is 0 Å². The summed E-state index contributed by atoms with van der Waals surface area (Å²) >= 11 is 0. The molecule has 1 aromatic carbocycles. The molecule has 5 nitrogen and oxygen atoms in total. The fourth-order valence-corrected chi connectivity index (χ4v) is 2.08. The van der Waals surface area contributed by atoms with Crippen LogP contribution in [0.25, 0.3) is 0 Å². The van der Waals surface area contributed by atoms with Crippen molar-refractivity contribution < 1.29 is 9.66 Å². The molecular formula is C13H19ClN2O3. The van der Waals surface area contributed by atoms with Gasteiger partial charge >= 0.3 is 5.69 Å². The van der Waals surface area contributed by atoms with Gasteiger partial charge in [0.2, 0.25) is 5.75 Å². The molecule has 1 aliphatic rings. The average Bonchev–Trinajstić information content (AvgIpc) is 2.27. The maximum absolute atomic E-state index is 11.1. The molecule has 2 rings (SSSR count). The molecule has 0 bridgehead atoms. The van der Waals surface area contributed by atoms with E-state index in [0.717, 1.165) is 11.1 Å². The second-order valence-corrected chi connectivity index (χ2v) is 5.66. The van der Waals surface area contributed by atoms with Gasteiger partial charge in [-0.3, -0.25) is 10.1 Å². The van der Waals surface area contributed by atoms with Gasteiger partial charge in [0.25, 0.3) is 0 Å². The zero-order valence-electron chi connectivity index (χ0n) is 11.3. The predicted molar refractivity (Wildman–Crippen MR) is 76.1 cm³/mol. The second kappa shape index (κ2) is 5.35. The number of nitro groups is 1. The molecule has 2 N–H and O–H groups in total. The molecule has 0 fully saturated rings. The molecule has 0 radical (unpaired) electrons. The molecule has 19 heavy (non-hydrogen) atoms. The minimum Gasteiger partial charge on any atom is -0.487 e. The zero-order valence-corrected chi connectivity index (χ0v) is 12.1. The Morgan fingerprint density at radius 2 is 2.05 bits per heavy atom. The highest BCUT2D eigenvalue weighted by atomic mass is 35.5. The highest BCUT2D eigenvalue weighted by Gasteiger charge is 2.30. The van der Waals surface area contributed by atoms with Crippen molar-refractivity contribution in [1.82, 2.24) is 0 Å². The standard InChI is InChI=1S/C13H18N2O3.ClH/c1-13(2,3)8-6-9-10(14)4-5-18-12(9)11(7-8)15(16)17;/h6-7,10H,4-5,14H2,1-3H3;1H/t10-;/m0./s1. The van der Waals surface area contributed by atoms with Crippen molar-refractivity contribution in [3.8, 4) is 5.75 Å². The van der Waals surface area contributed by atoms with Crippen molar-refractivity contribution in [1.29, 1.82) is 0 Å². The van der Waals surface area contributed by atoms with Crippen LogP contribution < -0.4 is 10.5 Å². The molecule has 1 aliphatic heterocycles. The molecule has 1 aromatic rings. The van der Waals surface area contributed by atoms with E-state index in [1.54, 1.807) is 6.07 Å². The number of rotatable bonds is 1. The van der Waals surface area contributed by atoms with E-state index in [9.17, 15) is 10.1 Å². The van der Waals surface area contributed by atoms with Crippen LogP contribution in [0.5, 0.6) is 5.75 Å². The largest absolute Gasteiger partial charge is 0.487 e. The smallest absolute Gasteiger partial charge is 0.311 e. The number of hydrogen-bond acceptors (Lipinski definition) is 4. The Hall–Kier alpha value is -1.33. The lowest BCUT2D eigenvalue weighted by atomic mass is 9.84. The van der Waals surface area contributed by atoms with Gasteiger partial charge in [-0.2, -0.15) is 0 Å². The molecule has 0 aromatic heterocycles. The quantitative estimate of drug-likeness (QED) is 0.635. The third kappa shape index (κ3) is 2.98. The lowest BCUT2D eigenvalue weighted by Crippen LogP contribution is -2.23. The molecule has 1 atom stereocenters. The number of benzene rings is 1. The summed E-state index contributed by atoms with van der Waals surface area (Å²) in [6, 6.07) is 3.35. The summed E-state index contributed by atoms with van der Waals surface area (Å²) in [6.07, 6.45) is 0.692. The third-order valence-electron chi connectivity index (χ3n) is 3.24. The van der Waals surface area contributed by atoms with E-state index in [2.05, 4.69) is 0 Å². The summed E-state index contributed by atoms with van der Waals surface area (Å²) in [5, 5.41) is 11.1. The summed E-state index contributed by atoms with van der Waals surface area (Å²) in [5.74, 6) is 0.340. The first-order valence-corrected chi connectivity index (χ1v) is 6.02. The van der Waals surface area contributed by atoms with E-state index in [1.807, 2.05) is 26.8 Å². The van der Waals surface area contributed by atoms with Crippen molar-refractivity contribution in [2.45, 2.75) is 38.6 Å². The van der Waals surface area contributed by atoms with Crippen LogP contribution in [-0.4, -0.2) is 11.5 Å². The number of nitrogens with two attached hydrogens (primary N) is 1. The molecule has 6 heteroatoms. The highest BCUT2D eigenvalue weighted by molar-refractivity contribution is 5.85. The van der Waals surface area contributed by atoms with E-state index in [1.165, 1.54) is 0 Å². The molecular weight excluding hydrogens is 268 g/mol. The number of nitrogens with zero attached hydrogens (tertiary/aromatic N) is 1. The van der Waals surface area contributed by atoms with Gasteiger partial charge in [0.15, 0.2) is 0 Å². The van der Waals surface area contributed by atoms with Gasteiger partial charge < -0.3 is 10.5 Å². The third-order valence-corrected chi connectivity index (χ3v) is 3.24. The van der Waals surface area contributed by atoms with Gasteiger partial charge in [-0.1, -0.05) is 20.8 Å². The van der Waals surface area contributed by atoms with E-state index < -0.39 is 4.92 Å². The molecule has 0 unspecified atom stereocenters. The Morgan fingerprint density at radius 3 is 2.58 bits per heavy atom. The van der Waals surface area contributed by atoms with Crippen molar-refractivity contribution in [2.24, 2.45) is 5.73 Å². The number of hydrogen-bond donors (Lipinski definition) is 1. The molecule has 0 amide bonds. The minimum absolute atomic E-state index is 0. The fraction of sp³-hybridized carbons (Fsp3) is 0.538. The molecule has 0 aliphatic carbocycles. The second-order valence-electron chi connectivity index (χ2n) is 5.66. The minimum atomic E-state index is -0.397. The van der Waals surface area contributed by atoms with Crippen LogP contribution in [0.4, 0.5) is 5.69 Å². The first-order valence-electron chi connectivity index (χ1n) is 6.02. The van der Waals surface area contributed by atoms with Crippen LogP contribution in [0.2, 0.25) is 0 Å². The maximum Gasteiger partial charge on any atom is 0.311 e. The van der Waals surface area contributed by atoms with Crippen molar-refractivity contribution >= 4 is 18.1 Å². The van der Waals surface area contributed by atoms with Gasteiger partial charge in [0.1, 0.15) is 0 Å². The summed E-state index contributed by atoms with van der Waals surface area (Å²) in [4.78, 5) is 10.7. The van der Waals surface area contributed by atoms with Gasteiger partial charge in [0.05, 0.1) is 11.5 Å². The summed E-state index contributed by atoms with van der Waals surface area (Å²) in [6.45, 7) is 6.50. The van der Waals surface area contributed by atoms with E-state index in [0.29, 0.717) is 18.8 Å². The average molecular weight is 287 g/mol. The molecule has 0 saturated heterocycles. The zero-order chi connectivity index (χ0) is 13.5. The predicted octanol–water partition coefficient (Wildman–Crippen LogP) is 3.10. The van der Waals surface area contributed by atoms with Crippen molar-refractivity contribution in [3.05, 3.63) is 33.4 Å². The van der Waals surface area contributed by atoms with Gasteiger partial charge in [-0.25, -0.2) is 0 Å². The van der Waals surface area contributed by atoms with Gasteiger partial charge in [-0.15, -0.1) is 12.4 Å². The molecule has 0 saturated carbocycles. The van der Waals surface area contributed by atoms with Crippen LogP contribution in [-0.2, 0) is 5.41 Å². The van der Waals surface area contributed by atoms with Crippen LogP contribution in [0.1, 0.15) is 44.4 Å². The van der Waals surface area contributed by atoms with E-state index in [4.69, 9.17) is 10.5 Å². The van der Waals surface area contributed by atoms with E-state index in [-0.39, 0.29) is 29.6 Å². The number of halogens is 1. The van der Waals surface area contributed by atoms with Crippen LogP contribution in [0.15, 0.2) is 12.1 Å². The van der Waals surface area contributed by atoms with Crippen LogP contribution >= 0.6 is 12.4 Å². The highest BCUT2D eigenvalue weighted by Crippen LogP contribution is 2.41. The fourth-order valence-electron chi connectivity index (χ4n) is 2.08. The summed E-state index contributed by atoms with van der Waals surface area (Å²) < 4.78 is 5.43. The maximum atomic E-state index is 11.1. The Kier molecular flexibility index (Phi) is 4.43. The first kappa shape index (κ1) is 15.7. The monoisotopic (exact) mass is 286 g/mol. The van der Waals surface area contributed by atoms with Crippen molar-refractivity contribution in [2.75, 3.05) is 6.61 Å². The number of nitro benzene ring substituents is 1. The normalized spacial score (nSPS) is 18.0. The summed E-state index contributed by atoms with van der Waals surface area (Å²) in [7, 11) is 0. The lowest BCUT2D eigenvalue weighted by molar-refractivity contribution is -0.386. The first-order chi connectivity index (χ1) is 8.30. The Labute approximate surface area is 118 Å². The molecule has 106 valence electrons. The SMILES string of the molecule is CC(C)(C)c1cc2c(c([N+](=O)[O-])c1)OCC[C@@H]2N.Cl. The molecule has 1 heterocycles. The van der Waals surface area contributed by atoms with E-state index >= 15 is 0 Å². The molecule has 0 spiro atoms. The Morgan fingerprint density at radius 1 is 1.42 bits per heavy atom. The number of ether oxygens (including phenoxy) is 1. The number of fused-ring (bicyclic) bond motifs is 1. The van der Waals surface area contributed by atoms with Gasteiger partial charge in [0, 0.05) is 24.1 Å².